The second-order valence-corrected chi connectivity index (χ2v) is 7.67. The van der Waals surface area contributed by atoms with Crippen LogP contribution in [0.15, 0.2) is 0 Å². The van der Waals surface area contributed by atoms with E-state index < -0.39 is 0 Å². The van der Waals surface area contributed by atoms with Gasteiger partial charge in [-0.1, -0.05) is 47.0 Å². The van der Waals surface area contributed by atoms with Gasteiger partial charge in [-0.3, -0.25) is 0 Å². The minimum absolute atomic E-state index is 0.545. The van der Waals surface area contributed by atoms with E-state index in [0.29, 0.717) is 5.41 Å². The summed E-state index contributed by atoms with van der Waals surface area (Å²) in [4.78, 5) is 0. The minimum atomic E-state index is 0.545. The molecule has 2 aliphatic carbocycles. The van der Waals surface area contributed by atoms with Gasteiger partial charge in [0.2, 0.25) is 0 Å². The van der Waals surface area contributed by atoms with Crippen LogP contribution >= 0.6 is 0 Å². The zero-order valence-electron chi connectivity index (χ0n) is 11.8. The Morgan fingerprint density at radius 3 is 2.06 bits per heavy atom. The molecule has 16 heavy (non-hydrogen) atoms. The topological polar surface area (TPSA) is 0 Å². The molecule has 0 N–H and O–H groups in total. The Hall–Kier alpha value is 0. The van der Waals surface area contributed by atoms with E-state index in [1.165, 1.54) is 44.9 Å². The summed E-state index contributed by atoms with van der Waals surface area (Å²) < 4.78 is 0. The fourth-order valence-corrected chi connectivity index (χ4v) is 4.12. The van der Waals surface area contributed by atoms with E-state index in [-0.39, 0.29) is 0 Å². The molecule has 2 saturated carbocycles. The van der Waals surface area contributed by atoms with E-state index in [1.807, 2.05) is 0 Å². The fraction of sp³-hybridized carbons (Fsp3) is 1.00. The fourth-order valence-electron chi connectivity index (χ4n) is 4.12. The van der Waals surface area contributed by atoms with Crippen molar-refractivity contribution in [3.05, 3.63) is 0 Å². The number of rotatable bonds is 1. The van der Waals surface area contributed by atoms with E-state index in [1.54, 1.807) is 0 Å². The average molecular weight is 222 g/mol. The van der Waals surface area contributed by atoms with Crippen molar-refractivity contribution in [3.8, 4) is 0 Å². The van der Waals surface area contributed by atoms with E-state index in [9.17, 15) is 0 Å². The van der Waals surface area contributed by atoms with E-state index >= 15 is 0 Å². The molecule has 2 aliphatic rings. The van der Waals surface area contributed by atoms with Crippen LogP contribution in [0.4, 0.5) is 0 Å². The van der Waals surface area contributed by atoms with Crippen molar-refractivity contribution in [1.29, 1.82) is 0 Å². The van der Waals surface area contributed by atoms with E-state index in [2.05, 4.69) is 27.7 Å². The molecule has 2 rings (SSSR count). The van der Waals surface area contributed by atoms with Gasteiger partial charge in [-0.15, -0.1) is 0 Å². The van der Waals surface area contributed by atoms with Gasteiger partial charge in [-0.05, 0) is 54.8 Å². The summed E-state index contributed by atoms with van der Waals surface area (Å²) in [5.74, 6) is 4.16. The summed E-state index contributed by atoms with van der Waals surface area (Å²) in [5.41, 5.74) is 0.545. The second-order valence-electron chi connectivity index (χ2n) is 7.67. The molecule has 0 bridgehead atoms. The van der Waals surface area contributed by atoms with Crippen LogP contribution in [0.2, 0.25) is 0 Å². The zero-order valence-corrected chi connectivity index (χ0v) is 11.8. The molecule has 0 radical (unpaired) electrons. The van der Waals surface area contributed by atoms with Crippen LogP contribution in [-0.4, -0.2) is 0 Å². The second kappa shape index (κ2) is 4.70. The molecule has 0 spiro atoms. The summed E-state index contributed by atoms with van der Waals surface area (Å²) in [5, 5.41) is 0. The minimum Gasteiger partial charge on any atom is -0.0625 e. The Balaban J connectivity index is 1.92. The van der Waals surface area contributed by atoms with Crippen molar-refractivity contribution in [2.75, 3.05) is 0 Å². The number of hydrogen-bond donors (Lipinski definition) is 0. The van der Waals surface area contributed by atoms with Gasteiger partial charge in [-0.2, -0.15) is 0 Å². The van der Waals surface area contributed by atoms with Gasteiger partial charge in [0, 0.05) is 0 Å². The summed E-state index contributed by atoms with van der Waals surface area (Å²) in [6.45, 7) is 9.77. The van der Waals surface area contributed by atoms with Crippen LogP contribution in [0.5, 0.6) is 0 Å². The first-order chi connectivity index (χ1) is 7.47. The molecule has 0 heterocycles. The van der Waals surface area contributed by atoms with Gasteiger partial charge < -0.3 is 0 Å². The molecule has 0 nitrogen and oxygen atoms in total. The molecule has 2 fully saturated rings. The van der Waals surface area contributed by atoms with Gasteiger partial charge in [0.1, 0.15) is 0 Å². The lowest BCUT2D eigenvalue weighted by Crippen LogP contribution is -2.29. The van der Waals surface area contributed by atoms with Gasteiger partial charge in [0.25, 0.3) is 0 Å². The highest BCUT2D eigenvalue weighted by atomic mass is 14.4. The summed E-state index contributed by atoms with van der Waals surface area (Å²) in [7, 11) is 0. The van der Waals surface area contributed by atoms with Crippen molar-refractivity contribution in [2.24, 2.45) is 29.1 Å². The summed E-state index contributed by atoms with van der Waals surface area (Å²) in [6.07, 6.45) is 10.6. The summed E-state index contributed by atoms with van der Waals surface area (Å²) in [6, 6.07) is 0. The standard InChI is InChI=1S/C16H30/c1-12-8-9-14(10-12)13-6-5-7-15(11-13)16(2,3)4/h12-15H,5-11H2,1-4H3. The monoisotopic (exact) mass is 222 g/mol. The Labute approximate surface area is 102 Å². The first-order valence-electron chi connectivity index (χ1n) is 7.47. The Kier molecular flexibility index (Phi) is 3.66. The van der Waals surface area contributed by atoms with Crippen molar-refractivity contribution in [2.45, 2.75) is 72.6 Å². The maximum atomic E-state index is 2.45. The predicted octanol–water partition coefficient (Wildman–Crippen LogP) is 5.28. The Morgan fingerprint density at radius 1 is 0.812 bits per heavy atom. The number of hydrogen-bond acceptors (Lipinski definition) is 0. The van der Waals surface area contributed by atoms with E-state index in [4.69, 9.17) is 0 Å². The van der Waals surface area contributed by atoms with Crippen LogP contribution in [0.25, 0.3) is 0 Å². The molecule has 4 unspecified atom stereocenters. The molecule has 0 aromatic heterocycles. The van der Waals surface area contributed by atoms with E-state index in [0.717, 1.165) is 23.7 Å². The summed E-state index contributed by atoms with van der Waals surface area (Å²) >= 11 is 0. The first-order valence-corrected chi connectivity index (χ1v) is 7.47. The molecule has 0 saturated heterocycles. The van der Waals surface area contributed by atoms with Gasteiger partial charge in [0.05, 0.1) is 0 Å². The van der Waals surface area contributed by atoms with Gasteiger partial charge in [-0.25, -0.2) is 0 Å². The highest BCUT2D eigenvalue weighted by molar-refractivity contribution is 4.86. The maximum absolute atomic E-state index is 2.45. The quantitative estimate of drug-likeness (QED) is 0.566. The Bertz CT molecular complexity index is 223. The normalized spacial score (nSPS) is 41.2. The molecule has 0 heteroatoms. The molecular weight excluding hydrogens is 192 g/mol. The lowest BCUT2D eigenvalue weighted by Gasteiger charge is -2.40. The smallest absolute Gasteiger partial charge is 0.0354 e. The van der Waals surface area contributed by atoms with Crippen LogP contribution in [0.3, 0.4) is 0 Å². The molecule has 0 aromatic rings. The van der Waals surface area contributed by atoms with Crippen molar-refractivity contribution in [3.63, 3.8) is 0 Å². The van der Waals surface area contributed by atoms with Crippen molar-refractivity contribution in [1.82, 2.24) is 0 Å². The molecule has 4 atom stereocenters. The van der Waals surface area contributed by atoms with Gasteiger partial charge in [0.15, 0.2) is 0 Å². The molecular formula is C16H30. The maximum Gasteiger partial charge on any atom is -0.0354 e. The molecule has 0 aliphatic heterocycles. The highest BCUT2D eigenvalue weighted by Crippen LogP contribution is 2.47. The van der Waals surface area contributed by atoms with Crippen LogP contribution in [0, 0.1) is 29.1 Å². The van der Waals surface area contributed by atoms with Crippen LogP contribution in [0.1, 0.15) is 72.6 Å². The van der Waals surface area contributed by atoms with Crippen molar-refractivity contribution < 1.29 is 0 Å². The third-order valence-corrected chi connectivity index (χ3v) is 5.34. The lowest BCUT2D eigenvalue weighted by molar-refractivity contribution is 0.111. The molecule has 0 amide bonds. The Morgan fingerprint density at radius 2 is 1.50 bits per heavy atom. The predicted molar refractivity (Wildman–Crippen MR) is 71.4 cm³/mol. The molecule has 0 aromatic carbocycles. The third kappa shape index (κ3) is 2.81. The third-order valence-electron chi connectivity index (χ3n) is 5.34. The zero-order chi connectivity index (χ0) is 11.8. The van der Waals surface area contributed by atoms with Gasteiger partial charge >= 0.3 is 0 Å². The first kappa shape index (κ1) is 12.5. The van der Waals surface area contributed by atoms with Crippen molar-refractivity contribution >= 4 is 0 Å². The highest BCUT2D eigenvalue weighted by Gasteiger charge is 2.36. The van der Waals surface area contributed by atoms with Crippen LogP contribution in [-0.2, 0) is 0 Å². The molecule has 94 valence electrons. The largest absolute Gasteiger partial charge is 0.0625 e. The lowest BCUT2D eigenvalue weighted by atomic mass is 9.66. The average Bonchev–Trinajstić information content (AvgIpc) is 2.64. The SMILES string of the molecule is CC1CCC(C2CCCC(C(C)(C)C)C2)C1. The van der Waals surface area contributed by atoms with Crippen LogP contribution < -0.4 is 0 Å².